The zero-order valence-electron chi connectivity index (χ0n) is 14.4. The minimum Gasteiger partial charge on any atom is -0.497 e. The summed E-state index contributed by atoms with van der Waals surface area (Å²) in [6.07, 6.45) is 0. The number of carbonyl (C=O) groups excluding carboxylic acids is 1. The second kappa shape index (κ2) is 6.46. The first-order chi connectivity index (χ1) is 11.8. The van der Waals surface area contributed by atoms with E-state index >= 15 is 0 Å². The molecule has 0 aliphatic carbocycles. The fourth-order valence-electron chi connectivity index (χ4n) is 2.30. The van der Waals surface area contributed by atoms with Gasteiger partial charge >= 0.3 is 5.97 Å². The maximum absolute atomic E-state index is 12.7. The number of benzene rings is 2. The fourth-order valence-corrected chi connectivity index (χ4v) is 3.39. The number of methoxy groups -OCH3 is 1. The van der Waals surface area contributed by atoms with Gasteiger partial charge in [-0.05, 0) is 57.2 Å². The summed E-state index contributed by atoms with van der Waals surface area (Å²) in [6.45, 7) is 5.35. The van der Waals surface area contributed by atoms with Gasteiger partial charge in [-0.2, -0.15) is 4.89 Å². The Morgan fingerprint density at radius 1 is 1.00 bits per heavy atom. The molecular weight excluding hydrogens is 340 g/mol. The topological polar surface area (TPSA) is 61.8 Å². The highest BCUT2D eigenvalue weighted by atomic mass is 32.1. The molecule has 0 saturated heterocycles. The van der Waals surface area contributed by atoms with Crippen LogP contribution < -0.4 is 10.2 Å². The Hall–Kier alpha value is -2.44. The zero-order chi connectivity index (χ0) is 18.2. The monoisotopic (exact) mass is 358 g/mol. The first kappa shape index (κ1) is 17.4. The van der Waals surface area contributed by atoms with E-state index in [2.05, 4.69) is 0 Å². The molecule has 0 amide bonds. The SMILES string of the molecule is COc1ccc2sc3cc(C(=O)OOC(C)(C)C)ccc3c(=O)c2c1. The van der Waals surface area contributed by atoms with Crippen molar-refractivity contribution < 1.29 is 19.3 Å². The van der Waals surface area contributed by atoms with Crippen molar-refractivity contribution in [3.8, 4) is 5.75 Å². The zero-order valence-corrected chi connectivity index (χ0v) is 15.2. The van der Waals surface area contributed by atoms with Crippen LogP contribution in [0.3, 0.4) is 0 Å². The van der Waals surface area contributed by atoms with Crippen LogP contribution in [0.2, 0.25) is 0 Å². The van der Waals surface area contributed by atoms with Crippen molar-refractivity contribution in [2.45, 2.75) is 26.4 Å². The quantitative estimate of drug-likeness (QED) is 0.397. The lowest BCUT2D eigenvalue weighted by Gasteiger charge is -2.16. The largest absolute Gasteiger partial charge is 0.497 e. The molecule has 3 aromatic rings. The molecule has 0 atom stereocenters. The third-order valence-corrected chi connectivity index (χ3v) is 4.61. The van der Waals surface area contributed by atoms with E-state index in [1.54, 1.807) is 58.2 Å². The summed E-state index contributed by atoms with van der Waals surface area (Å²) in [6, 6.07) is 10.2. The molecule has 0 radical (unpaired) electrons. The van der Waals surface area contributed by atoms with E-state index in [4.69, 9.17) is 14.5 Å². The standard InChI is InChI=1S/C19H18O5S/c1-19(2,3)24-23-18(21)11-5-7-13-16(9-11)25-15-8-6-12(22-4)10-14(15)17(13)20/h5-10H,1-4H3. The lowest BCUT2D eigenvalue weighted by Crippen LogP contribution is -2.21. The number of hydrogen-bond acceptors (Lipinski definition) is 6. The molecule has 25 heavy (non-hydrogen) atoms. The van der Waals surface area contributed by atoms with E-state index in [0.717, 1.165) is 4.70 Å². The molecule has 2 aromatic carbocycles. The minimum atomic E-state index is -0.591. The van der Waals surface area contributed by atoms with Gasteiger partial charge < -0.3 is 4.74 Å². The Morgan fingerprint density at radius 3 is 2.44 bits per heavy atom. The second-order valence-corrected chi connectivity index (χ2v) is 7.65. The summed E-state index contributed by atoms with van der Waals surface area (Å²) in [5.74, 6) is 0.0435. The van der Waals surface area contributed by atoms with Gasteiger partial charge in [0.05, 0.1) is 12.7 Å². The molecule has 0 aliphatic heterocycles. The highest BCUT2D eigenvalue weighted by Gasteiger charge is 2.17. The molecule has 130 valence electrons. The third-order valence-electron chi connectivity index (χ3n) is 3.48. The normalized spacial score (nSPS) is 11.7. The molecule has 0 bridgehead atoms. The van der Waals surface area contributed by atoms with E-state index in [0.29, 0.717) is 26.8 Å². The summed E-state index contributed by atoms with van der Waals surface area (Å²) in [5, 5.41) is 1.15. The van der Waals surface area contributed by atoms with E-state index in [9.17, 15) is 9.59 Å². The Balaban J connectivity index is 2.05. The van der Waals surface area contributed by atoms with Crippen LogP contribution in [-0.2, 0) is 9.78 Å². The van der Waals surface area contributed by atoms with Crippen LogP contribution in [-0.4, -0.2) is 18.7 Å². The minimum absolute atomic E-state index is 0.0893. The molecule has 5 nitrogen and oxygen atoms in total. The lowest BCUT2D eigenvalue weighted by molar-refractivity contribution is -0.301. The van der Waals surface area contributed by atoms with Gasteiger partial charge in [0.25, 0.3) is 0 Å². The first-order valence-corrected chi connectivity index (χ1v) is 8.55. The highest BCUT2D eigenvalue weighted by molar-refractivity contribution is 7.24. The van der Waals surface area contributed by atoms with Gasteiger partial charge in [-0.25, -0.2) is 4.79 Å². The third kappa shape index (κ3) is 3.65. The predicted molar refractivity (Wildman–Crippen MR) is 98.4 cm³/mol. The Labute approximate surface area is 148 Å². The molecule has 3 rings (SSSR count). The first-order valence-electron chi connectivity index (χ1n) is 7.73. The van der Waals surface area contributed by atoms with Gasteiger partial charge in [-0.3, -0.25) is 9.68 Å². The Bertz CT molecular complexity index is 1010. The van der Waals surface area contributed by atoms with E-state index in [1.165, 1.54) is 11.3 Å². The van der Waals surface area contributed by atoms with Crippen LogP contribution in [0.1, 0.15) is 31.1 Å². The Morgan fingerprint density at radius 2 is 1.76 bits per heavy atom. The van der Waals surface area contributed by atoms with Gasteiger partial charge in [0.15, 0.2) is 5.43 Å². The van der Waals surface area contributed by atoms with Crippen LogP contribution in [0.4, 0.5) is 0 Å². The van der Waals surface area contributed by atoms with Crippen LogP contribution in [0.5, 0.6) is 5.75 Å². The smallest absolute Gasteiger partial charge is 0.373 e. The van der Waals surface area contributed by atoms with E-state index in [1.807, 2.05) is 6.07 Å². The molecule has 0 saturated carbocycles. The molecule has 1 heterocycles. The maximum Gasteiger partial charge on any atom is 0.373 e. The van der Waals surface area contributed by atoms with Crippen molar-refractivity contribution >= 4 is 37.5 Å². The lowest BCUT2D eigenvalue weighted by atomic mass is 10.1. The molecule has 0 unspecified atom stereocenters. The van der Waals surface area contributed by atoms with Crippen molar-refractivity contribution in [1.29, 1.82) is 0 Å². The predicted octanol–water partition coefficient (Wildman–Crippen LogP) is 4.31. The van der Waals surface area contributed by atoms with Gasteiger partial charge in [-0.1, -0.05) is 0 Å². The number of carbonyl (C=O) groups is 1. The number of rotatable bonds is 3. The maximum atomic E-state index is 12.7. The van der Waals surface area contributed by atoms with Gasteiger partial charge in [-0.15, -0.1) is 11.3 Å². The molecule has 0 aliphatic rings. The summed E-state index contributed by atoms with van der Waals surface area (Å²) in [5.41, 5.74) is -0.346. The Kier molecular flexibility index (Phi) is 4.49. The second-order valence-electron chi connectivity index (χ2n) is 6.57. The fraction of sp³-hybridized carbons (Fsp3) is 0.263. The van der Waals surface area contributed by atoms with E-state index < -0.39 is 11.6 Å². The summed E-state index contributed by atoms with van der Waals surface area (Å²) >= 11 is 1.44. The van der Waals surface area contributed by atoms with E-state index in [-0.39, 0.29) is 5.43 Å². The van der Waals surface area contributed by atoms with Crippen molar-refractivity contribution in [2.24, 2.45) is 0 Å². The van der Waals surface area contributed by atoms with Crippen molar-refractivity contribution in [2.75, 3.05) is 7.11 Å². The molecule has 0 N–H and O–H groups in total. The van der Waals surface area contributed by atoms with Crippen LogP contribution in [0.15, 0.2) is 41.2 Å². The van der Waals surface area contributed by atoms with Gasteiger partial charge in [0.1, 0.15) is 11.4 Å². The summed E-state index contributed by atoms with van der Waals surface area (Å²) < 4.78 is 6.73. The number of ether oxygens (including phenoxy) is 1. The molecule has 0 spiro atoms. The number of fused-ring (bicyclic) bond motifs is 2. The molecule has 6 heteroatoms. The molecule has 0 fully saturated rings. The van der Waals surface area contributed by atoms with Crippen molar-refractivity contribution in [3.05, 3.63) is 52.2 Å². The van der Waals surface area contributed by atoms with Crippen molar-refractivity contribution in [3.63, 3.8) is 0 Å². The summed E-state index contributed by atoms with van der Waals surface area (Å²) in [4.78, 5) is 34.8. The van der Waals surface area contributed by atoms with Gasteiger partial charge in [0, 0.05) is 20.2 Å². The average molecular weight is 358 g/mol. The molecular formula is C19H18O5S. The highest BCUT2D eigenvalue weighted by Crippen LogP contribution is 2.28. The summed E-state index contributed by atoms with van der Waals surface area (Å²) in [7, 11) is 1.56. The average Bonchev–Trinajstić information content (AvgIpc) is 2.58. The van der Waals surface area contributed by atoms with Crippen molar-refractivity contribution in [1.82, 2.24) is 0 Å². The van der Waals surface area contributed by atoms with Crippen LogP contribution in [0.25, 0.3) is 20.2 Å². The number of hydrogen-bond donors (Lipinski definition) is 0. The van der Waals surface area contributed by atoms with Gasteiger partial charge in [0.2, 0.25) is 0 Å². The van der Waals surface area contributed by atoms with Crippen LogP contribution >= 0.6 is 11.3 Å². The molecule has 1 aromatic heterocycles. The van der Waals surface area contributed by atoms with Crippen LogP contribution in [0, 0.1) is 0 Å².